The van der Waals surface area contributed by atoms with Gasteiger partial charge < -0.3 is 15.5 Å². The fraction of sp³-hybridized carbons (Fsp3) is 0.583. The van der Waals surface area contributed by atoms with Gasteiger partial charge in [-0.15, -0.1) is 5.10 Å². The predicted molar refractivity (Wildman–Crippen MR) is 72.5 cm³/mol. The number of nitrogens with one attached hydrogen (secondary N) is 1. The SMILES string of the molecule is CC.Cn1cc(CCC(=O)NC(CC(=O)O)C(=O)O)nn1. The normalized spacial score (nSPS) is 11.0. The van der Waals surface area contributed by atoms with Crippen molar-refractivity contribution in [1.82, 2.24) is 20.3 Å². The van der Waals surface area contributed by atoms with E-state index in [4.69, 9.17) is 10.2 Å². The lowest BCUT2D eigenvalue weighted by atomic mass is 10.2. The van der Waals surface area contributed by atoms with E-state index in [1.165, 1.54) is 4.68 Å². The summed E-state index contributed by atoms with van der Waals surface area (Å²) in [6.45, 7) is 4.00. The molecule has 0 saturated heterocycles. The molecule has 1 aromatic rings. The molecule has 1 unspecified atom stereocenters. The molecule has 0 spiro atoms. The molecular formula is C12H20N4O5. The molecular weight excluding hydrogens is 280 g/mol. The summed E-state index contributed by atoms with van der Waals surface area (Å²) >= 11 is 0. The largest absolute Gasteiger partial charge is 0.481 e. The van der Waals surface area contributed by atoms with Gasteiger partial charge in [-0.05, 0) is 0 Å². The van der Waals surface area contributed by atoms with Crippen molar-refractivity contribution in [1.29, 1.82) is 0 Å². The third-order valence-corrected chi connectivity index (χ3v) is 2.27. The average molecular weight is 300 g/mol. The first-order chi connectivity index (χ1) is 9.88. The van der Waals surface area contributed by atoms with Gasteiger partial charge in [0.25, 0.3) is 0 Å². The van der Waals surface area contributed by atoms with E-state index in [0.717, 1.165) is 0 Å². The number of aliphatic carboxylic acids is 2. The molecule has 118 valence electrons. The Hall–Kier alpha value is -2.45. The number of carboxylic acid groups (broad SMARTS) is 2. The van der Waals surface area contributed by atoms with Gasteiger partial charge in [-0.3, -0.25) is 14.3 Å². The van der Waals surface area contributed by atoms with Crippen molar-refractivity contribution in [2.75, 3.05) is 0 Å². The van der Waals surface area contributed by atoms with Gasteiger partial charge in [0.1, 0.15) is 6.04 Å². The van der Waals surface area contributed by atoms with Gasteiger partial charge in [0.15, 0.2) is 0 Å². The lowest BCUT2D eigenvalue weighted by molar-refractivity contribution is -0.147. The third-order valence-electron chi connectivity index (χ3n) is 2.27. The Bertz CT molecular complexity index is 486. The summed E-state index contributed by atoms with van der Waals surface area (Å²) in [4.78, 5) is 32.7. The van der Waals surface area contributed by atoms with Crippen molar-refractivity contribution in [2.24, 2.45) is 7.05 Å². The number of hydrogen-bond acceptors (Lipinski definition) is 5. The number of hydrogen-bond donors (Lipinski definition) is 3. The van der Waals surface area contributed by atoms with E-state index < -0.39 is 30.3 Å². The minimum atomic E-state index is -1.42. The van der Waals surface area contributed by atoms with Gasteiger partial charge in [-0.1, -0.05) is 19.1 Å². The quantitative estimate of drug-likeness (QED) is 0.635. The van der Waals surface area contributed by atoms with Crippen LogP contribution in [-0.4, -0.2) is 49.1 Å². The Kier molecular flexibility index (Phi) is 8.35. The Morgan fingerprint density at radius 2 is 1.95 bits per heavy atom. The van der Waals surface area contributed by atoms with Gasteiger partial charge >= 0.3 is 11.9 Å². The molecule has 1 atom stereocenters. The first kappa shape index (κ1) is 18.6. The van der Waals surface area contributed by atoms with Crippen LogP contribution < -0.4 is 5.32 Å². The first-order valence-electron chi connectivity index (χ1n) is 6.47. The second-order valence-corrected chi connectivity index (χ2v) is 3.94. The molecule has 9 heteroatoms. The van der Waals surface area contributed by atoms with Crippen molar-refractivity contribution < 1.29 is 24.6 Å². The minimum Gasteiger partial charge on any atom is -0.481 e. The molecule has 1 aromatic heterocycles. The Labute approximate surface area is 122 Å². The number of rotatable bonds is 7. The smallest absolute Gasteiger partial charge is 0.326 e. The van der Waals surface area contributed by atoms with Crippen molar-refractivity contribution in [3.8, 4) is 0 Å². The Morgan fingerprint density at radius 1 is 1.33 bits per heavy atom. The monoisotopic (exact) mass is 300 g/mol. The standard InChI is InChI=1S/C10H14N4O5.C2H6/c1-14-5-6(12-13-14)2-3-8(15)11-7(10(18)19)4-9(16)17;1-2/h5,7H,2-4H2,1H3,(H,11,15)(H,16,17)(H,18,19);1-2H3. The molecule has 9 nitrogen and oxygen atoms in total. The number of carboxylic acids is 2. The molecule has 0 aliphatic rings. The highest BCUT2D eigenvalue weighted by Gasteiger charge is 2.22. The zero-order chi connectivity index (χ0) is 16.4. The number of carbonyl (C=O) groups is 3. The van der Waals surface area contributed by atoms with Crippen LogP contribution >= 0.6 is 0 Å². The fourth-order valence-corrected chi connectivity index (χ4v) is 1.39. The summed E-state index contributed by atoms with van der Waals surface area (Å²) in [6, 6.07) is -1.42. The molecule has 0 radical (unpaired) electrons. The highest BCUT2D eigenvalue weighted by molar-refractivity contribution is 5.86. The maximum Gasteiger partial charge on any atom is 0.326 e. The average Bonchev–Trinajstić information content (AvgIpc) is 2.83. The van der Waals surface area contributed by atoms with E-state index in [1.807, 2.05) is 13.8 Å². The highest BCUT2D eigenvalue weighted by Crippen LogP contribution is 1.99. The van der Waals surface area contributed by atoms with Crippen molar-refractivity contribution in [2.45, 2.75) is 39.2 Å². The molecule has 21 heavy (non-hydrogen) atoms. The molecule has 0 aliphatic heterocycles. The van der Waals surface area contributed by atoms with E-state index in [2.05, 4.69) is 15.6 Å². The van der Waals surface area contributed by atoms with Crippen LogP contribution in [0.15, 0.2) is 6.20 Å². The van der Waals surface area contributed by atoms with Crippen LogP contribution in [0.1, 0.15) is 32.4 Å². The summed E-state index contributed by atoms with van der Waals surface area (Å²) in [5.41, 5.74) is 0.600. The summed E-state index contributed by atoms with van der Waals surface area (Å²) in [7, 11) is 1.68. The van der Waals surface area contributed by atoms with Crippen LogP contribution in [0.4, 0.5) is 0 Å². The second-order valence-electron chi connectivity index (χ2n) is 3.94. The van der Waals surface area contributed by atoms with Crippen molar-refractivity contribution >= 4 is 17.8 Å². The Balaban J connectivity index is 0.00000191. The molecule has 1 amide bonds. The zero-order valence-corrected chi connectivity index (χ0v) is 12.2. The second kappa shape index (κ2) is 9.45. The zero-order valence-electron chi connectivity index (χ0n) is 12.2. The summed E-state index contributed by atoms with van der Waals surface area (Å²) in [5.74, 6) is -3.21. The maximum absolute atomic E-state index is 11.5. The van der Waals surface area contributed by atoms with Crippen LogP contribution in [0.3, 0.4) is 0 Å². The van der Waals surface area contributed by atoms with E-state index in [0.29, 0.717) is 12.1 Å². The van der Waals surface area contributed by atoms with Gasteiger partial charge in [0.2, 0.25) is 5.91 Å². The van der Waals surface area contributed by atoms with Gasteiger partial charge in [-0.25, -0.2) is 4.79 Å². The molecule has 1 rings (SSSR count). The molecule has 0 fully saturated rings. The molecule has 1 heterocycles. The number of amides is 1. The topological polar surface area (TPSA) is 134 Å². The highest BCUT2D eigenvalue weighted by atomic mass is 16.4. The van der Waals surface area contributed by atoms with Gasteiger partial charge in [0.05, 0.1) is 12.1 Å². The van der Waals surface area contributed by atoms with Crippen LogP contribution in [0.25, 0.3) is 0 Å². The van der Waals surface area contributed by atoms with E-state index in [1.54, 1.807) is 13.2 Å². The Morgan fingerprint density at radius 3 is 2.38 bits per heavy atom. The molecule has 0 aromatic carbocycles. The van der Waals surface area contributed by atoms with Gasteiger partial charge in [0, 0.05) is 26.1 Å². The summed E-state index contributed by atoms with van der Waals surface area (Å²) in [6.07, 6.45) is 1.30. The minimum absolute atomic E-state index is 0.0160. The number of carbonyl (C=O) groups excluding carboxylic acids is 1. The molecule has 3 N–H and O–H groups in total. The summed E-state index contributed by atoms with van der Waals surface area (Å²) in [5, 5.41) is 26.9. The van der Waals surface area contributed by atoms with Crippen molar-refractivity contribution in [3.63, 3.8) is 0 Å². The molecule has 0 saturated carbocycles. The van der Waals surface area contributed by atoms with E-state index in [9.17, 15) is 14.4 Å². The van der Waals surface area contributed by atoms with E-state index in [-0.39, 0.29) is 6.42 Å². The van der Waals surface area contributed by atoms with Crippen LogP contribution in [0.2, 0.25) is 0 Å². The van der Waals surface area contributed by atoms with Gasteiger partial charge in [-0.2, -0.15) is 0 Å². The first-order valence-corrected chi connectivity index (χ1v) is 6.47. The number of nitrogens with zero attached hydrogens (tertiary/aromatic N) is 3. The predicted octanol–water partition coefficient (Wildman–Crippen LogP) is -0.182. The summed E-state index contributed by atoms with van der Waals surface area (Å²) < 4.78 is 1.48. The van der Waals surface area contributed by atoms with E-state index >= 15 is 0 Å². The third kappa shape index (κ3) is 7.65. The lowest BCUT2D eigenvalue weighted by Gasteiger charge is -2.11. The van der Waals surface area contributed by atoms with Crippen LogP contribution in [0.5, 0.6) is 0 Å². The number of aryl methyl sites for hydroxylation is 2. The van der Waals surface area contributed by atoms with Crippen molar-refractivity contribution in [3.05, 3.63) is 11.9 Å². The molecule has 0 bridgehead atoms. The lowest BCUT2D eigenvalue weighted by Crippen LogP contribution is -2.42. The van der Waals surface area contributed by atoms with Crippen LogP contribution in [-0.2, 0) is 27.9 Å². The fourth-order valence-electron chi connectivity index (χ4n) is 1.39. The maximum atomic E-state index is 11.5. The van der Waals surface area contributed by atoms with Crippen LogP contribution in [0, 0.1) is 0 Å². The number of aromatic nitrogens is 3. The molecule has 0 aliphatic carbocycles.